The highest BCUT2D eigenvalue weighted by molar-refractivity contribution is 6.00. The van der Waals surface area contributed by atoms with Crippen molar-refractivity contribution in [3.63, 3.8) is 0 Å². The van der Waals surface area contributed by atoms with Gasteiger partial charge >= 0.3 is 0 Å². The lowest BCUT2D eigenvalue weighted by Crippen LogP contribution is -2.52. The van der Waals surface area contributed by atoms with Crippen LogP contribution in [0.3, 0.4) is 0 Å². The van der Waals surface area contributed by atoms with Crippen LogP contribution in [0.2, 0.25) is 0 Å². The first-order chi connectivity index (χ1) is 17.6. The zero-order valence-corrected chi connectivity index (χ0v) is 22.1. The van der Waals surface area contributed by atoms with E-state index in [4.69, 9.17) is 15.5 Å². The van der Waals surface area contributed by atoms with Gasteiger partial charge < -0.3 is 15.8 Å². The van der Waals surface area contributed by atoms with E-state index in [9.17, 15) is 9.59 Å². The van der Waals surface area contributed by atoms with E-state index in [0.717, 1.165) is 41.7 Å². The lowest BCUT2D eigenvalue weighted by molar-refractivity contribution is -0.131. The van der Waals surface area contributed by atoms with Crippen molar-refractivity contribution in [2.24, 2.45) is 10.7 Å². The number of nitrogens with one attached hydrogen (secondary N) is 1. The number of fused-ring (bicyclic) bond motifs is 4. The highest BCUT2D eigenvalue weighted by Crippen LogP contribution is 2.41. The molecule has 4 heterocycles. The van der Waals surface area contributed by atoms with Gasteiger partial charge in [-0.2, -0.15) is 0 Å². The largest absolute Gasteiger partial charge is 0.487 e. The van der Waals surface area contributed by atoms with Gasteiger partial charge in [0.2, 0.25) is 5.91 Å². The molecule has 2 aromatic rings. The molecule has 3 atom stereocenters. The molecule has 6 bridgehead atoms. The predicted octanol–water partition coefficient (Wildman–Crippen LogP) is 5.28. The molecule has 4 aliphatic rings. The Balaban J connectivity index is 1.59. The Morgan fingerprint density at radius 1 is 1.19 bits per heavy atom. The number of hydrogen-bond acceptors (Lipinski definition) is 5. The number of guanidine groups is 1. The van der Waals surface area contributed by atoms with E-state index in [2.05, 4.69) is 30.5 Å². The Kier molecular flexibility index (Phi) is 6.34. The summed E-state index contributed by atoms with van der Waals surface area (Å²) in [6, 6.07) is 13.0. The molecule has 4 aliphatic heterocycles. The van der Waals surface area contributed by atoms with Gasteiger partial charge in [0.15, 0.2) is 5.96 Å². The summed E-state index contributed by atoms with van der Waals surface area (Å²) in [6.45, 7) is 8.07. The monoisotopic (exact) mass is 500 g/mol. The van der Waals surface area contributed by atoms with Gasteiger partial charge in [0.05, 0.1) is 24.0 Å². The SMILES string of the molecule is CC[C@@]12CC/C=C/c3ccc4c(c3)[C@H](CC(C)(C)O4)NC(=O)c3cccc(c3)[C@@H](C)N(C(=O)C1)C(N)=N2. The van der Waals surface area contributed by atoms with Crippen molar-refractivity contribution in [3.05, 3.63) is 70.8 Å². The van der Waals surface area contributed by atoms with E-state index in [-0.39, 0.29) is 29.9 Å². The van der Waals surface area contributed by atoms with Crippen molar-refractivity contribution in [1.82, 2.24) is 10.2 Å². The van der Waals surface area contributed by atoms with Crippen LogP contribution in [0.1, 0.15) is 98.9 Å². The molecule has 0 aromatic heterocycles. The Bertz CT molecular complexity index is 1300. The van der Waals surface area contributed by atoms with Gasteiger partial charge in [0.25, 0.3) is 5.91 Å². The second-order valence-electron chi connectivity index (χ2n) is 11.1. The predicted molar refractivity (Wildman–Crippen MR) is 145 cm³/mol. The van der Waals surface area contributed by atoms with Crippen LogP contribution >= 0.6 is 0 Å². The minimum atomic E-state index is -0.505. The first kappa shape index (κ1) is 25.1. The number of aliphatic imine (C=N–C) groups is 1. The number of nitrogens with two attached hydrogens (primary N) is 1. The Hall–Kier alpha value is -3.61. The standard InChI is InChI=1S/C30H36N4O3/c1-5-30-14-7-6-9-20-12-13-25-23(15-20)24(17-29(3,4)37-25)32-27(36)22-11-8-10-21(16-22)19(2)34(26(35)18-30)28(31)33-30/h6,8-13,15-16,19,24H,5,7,14,17-18H2,1-4H3,(H2,31,33)(H,32,36)/b9-6+/t19-,24+,30-/m1/s1. The van der Waals surface area contributed by atoms with Crippen LogP contribution in [-0.2, 0) is 4.79 Å². The number of hydrogen-bond donors (Lipinski definition) is 2. The van der Waals surface area contributed by atoms with E-state index in [0.29, 0.717) is 18.4 Å². The summed E-state index contributed by atoms with van der Waals surface area (Å²) in [6.07, 6.45) is 7.43. The number of carbonyl (C=O) groups excluding carboxylic acids is 2. The number of ether oxygens (including phenoxy) is 1. The summed E-state index contributed by atoms with van der Waals surface area (Å²) in [5, 5.41) is 3.24. The molecule has 0 unspecified atom stereocenters. The molecular weight excluding hydrogens is 464 g/mol. The maximum Gasteiger partial charge on any atom is 0.251 e. The van der Waals surface area contributed by atoms with Crippen molar-refractivity contribution in [1.29, 1.82) is 0 Å². The smallest absolute Gasteiger partial charge is 0.251 e. The number of nitrogens with zero attached hydrogens (tertiary/aromatic N) is 2. The number of carbonyl (C=O) groups is 2. The van der Waals surface area contributed by atoms with Gasteiger partial charge in [-0.05, 0) is 75.4 Å². The van der Waals surface area contributed by atoms with Crippen molar-refractivity contribution in [2.45, 2.75) is 83.0 Å². The summed E-state index contributed by atoms with van der Waals surface area (Å²) >= 11 is 0. The molecule has 0 spiro atoms. The topological polar surface area (TPSA) is 97.0 Å². The van der Waals surface area contributed by atoms with Crippen LogP contribution in [-0.4, -0.2) is 33.8 Å². The van der Waals surface area contributed by atoms with E-state index < -0.39 is 11.1 Å². The minimum absolute atomic E-state index is 0.0357. The zero-order chi connectivity index (χ0) is 26.4. The molecule has 0 aliphatic carbocycles. The van der Waals surface area contributed by atoms with E-state index in [1.807, 2.05) is 51.1 Å². The molecule has 0 saturated heterocycles. The van der Waals surface area contributed by atoms with Gasteiger partial charge in [-0.15, -0.1) is 0 Å². The van der Waals surface area contributed by atoms with Gasteiger partial charge in [-0.3, -0.25) is 14.5 Å². The first-order valence-electron chi connectivity index (χ1n) is 13.2. The number of benzene rings is 2. The van der Waals surface area contributed by atoms with Crippen LogP contribution < -0.4 is 15.8 Å². The third-order valence-electron chi connectivity index (χ3n) is 7.91. The van der Waals surface area contributed by atoms with Crippen LogP contribution in [0.5, 0.6) is 5.75 Å². The van der Waals surface area contributed by atoms with E-state index >= 15 is 0 Å². The van der Waals surface area contributed by atoms with Gasteiger partial charge in [0.1, 0.15) is 11.4 Å². The fourth-order valence-electron chi connectivity index (χ4n) is 5.78. The number of amides is 2. The highest BCUT2D eigenvalue weighted by Gasteiger charge is 2.40. The van der Waals surface area contributed by atoms with Gasteiger partial charge in [-0.1, -0.05) is 37.3 Å². The van der Waals surface area contributed by atoms with Crippen LogP contribution in [0.4, 0.5) is 0 Å². The summed E-state index contributed by atoms with van der Waals surface area (Å²) < 4.78 is 6.25. The average Bonchev–Trinajstić information content (AvgIpc) is 2.85. The Labute approximate surface area is 218 Å². The molecule has 6 rings (SSSR count). The summed E-state index contributed by atoms with van der Waals surface area (Å²) in [7, 11) is 0. The zero-order valence-electron chi connectivity index (χ0n) is 22.1. The molecule has 0 saturated carbocycles. The fraction of sp³-hybridized carbons (Fsp3) is 0.433. The van der Waals surface area contributed by atoms with Crippen molar-refractivity contribution in [2.75, 3.05) is 0 Å². The number of allylic oxidation sites excluding steroid dienone is 1. The molecule has 0 radical (unpaired) electrons. The molecule has 7 heteroatoms. The second-order valence-corrected chi connectivity index (χ2v) is 11.1. The lowest BCUT2D eigenvalue weighted by atomic mass is 9.85. The third kappa shape index (κ3) is 4.87. The lowest BCUT2D eigenvalue weighted by Gasteiger charge is -2.39. The highest BCUT2D eigenvalue weighted by atomic mass is 16.5. The maximum atomic E-state index is 13.5. The molecule has 2 amide bonds. The molecule has 37 heavy (non-hydrogen) atoms. The second kappa shape index (κ2) is 9.36. The summed E-state index contributed by atoms with van der Waals surface area (Å²) in [5.74, 6) is 0.844. The molecule has 3 N–H and O–H groups in total. The normalized spacial score (nSPS) is 27.9. The van der Waals surface area contributed by atoms with Gasteiger partial charge in [-0.25, -0.2) is 4.99 Å². The van der Waals surface area contributed by atoms with Crippen molar-refractivity contribution >= 4 is 23.8 Å². The molecule has 2 aromatic carbocycles. The molecule has 0 fully saturated rings. The molecular formula is C30H36N4O3. The van der Waals surface area contributed by atoms with Gasteiger partial charge in [0, 0.05) is 17.5 Å². The van der Waals surface area contributed by atoms with Crippen LogP contribution in [0.25, 0.3) is 6.08 Å². The maximum absolute atomic E-state index is 13.5. The quantitative estimate of drug-likeness (QED) is 0.557. The average molecular weight is 501 g/mol. The number of rotatable bonds is 1. The van der Waals surface area contributed by atoms with E-state index in [1.54, 1.807) is 11.0 Å². The Morgan fingerprint density at radius 3 is 2.76 bits per heavy atom. The minimum Gasteiger partial charge on any atom is -0.487 e. The Morgan fingerprint density at radius 2 is 2.00 bits per heavy atom. The third-order valence-corrected chi connectivity index (χ3v) is 7.91. The van der Waals surface area contributed by atoms with E-state index in [1.165, 1.54) is 0 Å². The van der Waals surface area contributed by atoms with Crippen molar-refractivity contribution in [3.8, 4) is 5.75 Å². The molecule has 7 nitrogen and oxygen atoms in total. The van der Waals surface area contributed by atoms with Crippen LogP contribution in [0.15, 0.2) is 53.5 Å². The molecule has 194 valence electrons. The first-order valence-corrected chi connectivity index (χ1v) is 13.2. The summed E-state index contributed by atoms with van der Waals surface area (Å²) in [4.78, 5) is 33.3. The van der Waals surface area contributed by atoms with Crippen LogP contribution in [0, 0.1) is 0 Å². The fourth-order valence-corrected chi connectivity index (χ4v) is 5.78. The van der Waals surface area contributed by atoms with Crippen molar-refractivity contribution < 1.29 is 14.3 Å². The summed E-state index contributed by atoms with van der Waals surface area (Å²) in [5.41, 5.74) is 8.90.